The first kappa shape index (κ1) is 52.1. The molecule has 0 rings (SSSR count). The third kappa shape index (κ3) is 39.1. The molecule has 0 unspecified atom stereocenters. The molecular weight excluding hydrogens is 666 g/mol. The molecule has 0 aliphatic carbocycles. The van der Waals surface area contributed by atoms with Crippen LogP contribution in [0.4, 0.5) is 4.79 Å². The van der Waals surface area contributed by atoms with Gasteiger partial charge in [-0.25, -0.2) is 4.79 Å². The van der Waals surface area contributed by atoms with E-state index in [4.69, 9.17) is 28.4 Å². The molecule has 318 valence electrons. The van der Waals surface area contributed by atoms with Crippen LogP contribution in [0.5, 0.6) is 0 Å². The minimum Gasteiger partial charge on any atom is -0.447 e. The Morgan fingerprint density at radius 1 is 0.509 bits per heavy atom. The molecule has 1 amide bonds. The van der Waals surface area contributed by atoms with Gasteiger partial charge in [0.15, 0.2) is 0 Å². The quantitative estimate of drug-likeness (QED) is 0.0621. The third-order valence-corrected chi connectivity index (χ3v) is 10.2. The van der Waals surface area contributed by atoms with Crippen molar-refractivity contribution in [2.45, 2.75) is 226 Å². The van der Waals surface area contributed by atoms with Gasteiger partial charge in [-0.1, -0.05) is 155 Å². The van der Waals surface area contributed by atoms with E-state index in [1.807, 2.05) is 13.8 Å². The molecule has 0 aliphatic rings. The summed E-state index contributed by atoms with van der Waals surface area (Å²) >= 11 is 0. The molecule has 53 heavy (non-hydrogen) atoms. The molecule has 0 aromatic rings. The monoisotopic (exact) mass is 758 g/mol. The second kappa shape index (κ2) is 38.0. The van der Waals surface area contributed by atoms with Gasteiger partial charge in [0.1, 0.15) is 12.7 Å². The van der Waals surface area contributed by atoms with Gasteiger partial charge in [0.05, 0.1) is 31.0 Å². The van der Waals surface area contributed by atoms with Gasteiger partial charge < -0.3 is 33.7 Å². The first-order valence-electron chi connectivity index (χ1n) is 22.5. The second-order valence-corrected chi connectivity index (χ2v) is 16.6. The minimum atomic E-state index is -0.449. The number of amides is 1. The van der Waals surface area contributed by atoms with Crippen molar-refractivity contribution >= 4 is 6.09 Å². The van der Waals surface area contributed by atoms with Crippen LogP contribution in [-0.4, -0.2) is 83.3 Å². The maximum atomic E-state index is 12.5. The molecule has 8 heteroatoms. The first-order chi connectivity index (χ1) is 25.7. The maximum absolute atomic E-state index is 12.5. The van der Waals surface area contributed by atoms with Crippen LogP contribution in [0.3, 0.4) is 0 Å². The van der Waals surface area contributed by atoms with Crippen LogP contribution < -0.4 is 5.32 Å². The number of ether oxygens (including phenoxy) is 6. The summed E-state index contributed by atoms with van der Waals surface area (Å²) in [6.07, 6.45) is 32.6. The smallest absolute Gasteiger partial charge is 0.407 e. The number of unbranched alkanes of at least 4 members (excludes halogenated alkanes) is 22. The number of rotatable bonds is 42. The lowest BCUT2D eigenvalue weighted by molar-refractivity contribution is -0.0783. The van der Waals surface area contributed by atoms with E-state index in [0.717, 1.165) is 32.3 Å². The number of nitrogens with one attached hydrogen (secondary N) is 1. The Labute approximate surface area is 329 Å². The highest BCUT2D eigenvalue weighted by Gasteiger charge is 2.23. The van der Waals surface area contributed by atoms with Crippen LogP contribution in [0.1, 0.15) is 208 Å². The van der Waals surface area contributed by atoms with Gasteiger partial charge in [-0.3, -0.25) is 0 Å². The fourth-order valence-electron chi connectivity index (χ4n) is 6.36. The normalized spacial score (nSPS) is 12.7. The van der Waals surface area contributed by atoms with Crippen LogP contribution in [0, 0.1) is 0 Å². The fraction of sp³-hybridized carbons (Fsp3) is 0.978. The van der Waals surface area contributed by atoms with E-state index >= 15 is 0 Å². The van der Waals surface area contributed by atoms with Gasteiger partial charge in [0, 0.05) is 33.5 Å². The van der Waals surface area contributed by atoms with Gasteiger partial charge in [-0.15, -0.1) is 0 Å². The molecule has 0 bridgehead atoms. The lowest BCUT2D eigenvalue weighted by Crippen LogP contribution is -2.36. The molecular formula is C45H91NO7. The summed E-state index contributed by atoms with van der Waals surface area (Å²) < 4.78 is 35.0. The lowest BCUT2D eigenvalue weighted by Gasteiger charge is -2.29. The van der Waals surface area contributed by atoms with Crippen molar-refractivity contribution in [3.63, 3.8) is 0 Å². The standard InChI is InChI=1S/C45H91NO7/c1-8-10-12-14-16-18-20-22-24-26-28-30-35-49-40-42(50-36-31-29-27-25-23-21-19-17-15-13-11-9-2)41-51-43(47)46-34-39-53-45(5,6)33-38-52-44(3,4)32-37-48-7/h42H,8-41H2,1-7H3,(H,46,47)/t42-/m1/s1. The topological polar surface area (TPSA) is 84.5 Å². The van der Waals surface area contributed by atoms with Gasteiger partial charge in [-0.2, -0.15) is 0 Å². The first-order valence-corrected chi connectivity index (χ1v) is 22.5. The Morgan fingerprint density at radius 2 is 0.925 bits per heavy atom. The van der Waals surface area contributed by atoms with Crippen molar-refractivity contribution in [3.05, 3.63) is 0 Å². The van der Waals surface area contributed by atoms with Gasteiger partial charge in [0.2, 0.25) is 0 Å². The predicted molar refractivity (Wildman–Crippen MR) is 223 cm³/mol. The van der Waals surface area contributed by atoms with E-state index in [1.54, 1.807) is 7.11 Å². The maximum Gasteiger partial charge on any atom is 0.407 e. The van der Waals surface area contributed by atoms with Crippen molar-refractivity contribution in [2.24, 2.45) is 0 Å². The summed E-state index contributed by atoms with van der Waals surface area (Å²) in [6.45, 7) is 16.9. The lowest BCUT2D eigenvalue weighted by atomic mass is 10.0. The molecule has 8 nitrogen and oxygen atoms in total. The van der Waals surface area contributed by atoms with Crippen LogP contribution in [0.2, 0.25) is 0 Å². The summed E-state index contributed by atoms with van der Waals surface area (Å²) in [7, 11) is 1.71. The molecule has 0 saturated heterocycles. The highest BCUT2D eigenvalue weighted by Crippen LogP contribution is 2.20. The van der Waals surface area contributed by atoms with Crippen molar-refractivity contribution in [1.29, 1.82) is 0 Å². The third-order valence-electron chi connectivity index (χ3n) is 10.2. The molecule has 0 heterocycles. The van der Waals surface area contributed by atoms with Crippen LogP contribution >= 0.6 is 0 Å². The Bertz CT molecular complexity index is 763. The average molecular weight is 758 g/mol. The molecule has 0 fully saturated rings. The number of hydrogen-bond acceptors (Lipinski definition) is 7. The van der Waals surface area contributed by atoms with E-state index in [-0.39, 0.29) is 23.9 Å². The number of carbonyl (C=O) groups is 1. The molecule has 0 radical (unpaired) electrons. The highest BCUT2D eigenvalue weighted by molar-refractivity contribution is 5.67. The predicted octanol–water partition coefficient (Wildman–Crippen LogP) is 12.5. The Balaban J connectivity index is 4.31. The fourth-order valence-corrected chi connectivity index (χ4v) is 6.36. The van der Waals surface area contributed by atoms with E-state index in [2.05, 4.69) is 33.0 Å². The Kier molecular flexibility index (Phi) is 37.3. The van der Waals surface area contributed by atoms with E-state index < -0.39 is 6.09 Å². The molecule has 0 aromatic heterocycles. The highest BCUT2D eigenvalue weighted by atomic mass is 16.6. The number of methoxy groups -OCH3 is 1. The van der Waals surface area contributed by atoms with Crippen molar-refractivity contribution < 1.29 is 33.2 Å². The second-order valence-electron chi connectivity index (χ2n) is 16.6. The average Bonchev–Trinajstić information content (AvgIpc) is 3.13. The summed E-state index contributed by atoms with van der Waals surface area (Å²) in [5, 5.41) is 2.82. The van der Waals surface area contributed by atoms with Gasteiger partial charge in [0.25, 0.3) is 0 Å². The van der Waals surface area contributed by atoms with Crippen molar-refractivity contribution in [2.75, 3.05) is 59.9 Å². The van der Waals surface area contributed by atoms with E-state index in [1.165, 1.54) is 141 Å². The molecule has 0 aromatic carbocycles. The summed E-state index contributed by atoms with van der Waals surface area (Å²) in [5.74, 6) is 0. The van der Waals surface area contributed by atoms with Gasteiger partial charge in [-0.05, 0) is 53.4 Å². The van der Waals surface area contributed by atoms with Crippen LogP contribution in [0.25, 0.3) is 0 Å². The number of alkyl carbamates (subject to hydrolysis) is 1. The van der Waals surface area contributed by atoms with Crippen molar-refractivity contribution in [1.82, 2.24) is 5.32 Å². The SMILES string of the molecule is CCCCCCCCCCCCCCOC[C@H](COC(=O)NCCOC(C)(C)CCOC(C)(C)CCOC)OCCCCCCCCCCCCCC. The minimum absolute atomic E-state index is 0.186. The van der Waals surface area contributed by atoms with Crippen LogP contribution in [0.15, 0.2) is 0 Å². The van der Waals surface area contributed by atoms with E-state index in [0.29, 0.717) is 39.6 Å². The largest absolute Gasteiger partial charge is 0.447 e. The zero-order chi connectivity index (χ0) is 39.1. The van der Waals surface area contributed by atoms with Gasteiger partial charge >= 0.3 is 6.09 Å². The Hall–Kier alpha value is -0.930. The summed E-state index contributed by atoms with van der Waals surface area (Å²) in [4.78, 5) is 12.5. The van der Waals surface area contributed by atoms with Crippen molar-refractivity contribution in [3.8, 4) is 0 Å². The molecule has 0 aliphatic heterocycles. The van der Waals surface area contributed by atoms with Crippen LogP contribution in [-0.2, 0) is 28.4 Å². The molecule has 0 spiro atoms. The summed E-state index contributed by atoms with van der Waals surface area (Å²) in [6, 6.07) is 0. The zero-order valence-electron chi connectivity index (χ0n) is 36.5. The molecule has 1 atom stereocenters. The molecule has 1 N–H and O–H groups in total. The van der Waals surface area contributed by atoms with E-state index in [9.17, 15) is 4.79 Å². The Morgan fingerprint density at radius 3 is 1.40 bits per heavy atom. The number of carbonyl (C=O) groups excluding carboxylic acids is 1. The molecule has 0 saturated carbocycles. The zero-order valence-corrected chi connectivity index (χ0v) is 36.5. The summed E-state index contributed by atoms with van der Waals surface area (Å²) in [5.41, 5.74) is -0.594. The number of hydrogen-bond donors (Lipinski definition) is 1.